The summed E-state index contributed by atoms with van der Waals surface area (Å²) in [6.07, 6.45) is 6.85. The predicted octanol–water partition coefficient (Wildman–Crippen LogP) is 4.15. The molecule has 23 heavy (non-hydrogen) atoms. The number of rotatable bonds is 4. The lowest BCUT2D eigenvalue weighted by Crippen LogP contribution is -2.15. The average Bonchev–Trinajstić information content (AvgIpc) is 3.28. The van der Waals surface area contributed by atoms with Crippen molar-refractivity contribution in [3.05, 3.63) is 48.7 Å². The lowest BCUT2D eigenvalue weighted by molar-refractivity contribution is 0.432. The Morgan fingerprint density at radius 3 is 2.52 bits per heavy atom. The van der Waals surface area contributed by atoms with Crippen LogP contribution in [0.3, 0.4) is 0 Å². The molecule has 4 rings (SSSR count). The molecule has 0 saturated heterocycles. The summed E-state index contributed by atoms with van der Waals surface area (Å²) in [5.74, 6) is 1.99. The van der Waals surface area contributed by atoms with Crippen molar-refractivity contribution < 1.29 is 4.52 Å². The van der Waals surface area contributed by atoms with E-state index in [-0.39, 0.29) is 0 Å². The number of aromatic nitrogens is 3. The van der Waals surface area contributed by atoms with Gasteiger partial charge in [-0.2, -0.15) is 4.98 Å². The van der Waals surface area contributed by atoms with E-state index in [9.17, 15) is 0 Å². The summed E-state index contributed by atoms with van der Waals surface area (Å²) in [6, 6.07) is 14.3. The maximum absolute atomic E-state index is 5.36. The molecule has 1 saturated carbocycles. The van der Waals surface area contributed by atoms with E-state index in [1.807, 2.05) is 42.5 Å². The number of benzene rings is 1. The molecular formula is C18H18N4O. The summed E-state index contributed by atoms with van der Waals surface area (Å²) in [7, 11) is 0. The van der Waals surface area contributed by atoms with E-state index in [0.717, 1.165) is 16.9 Å². The van der Waals surface area contributed by atoms with Crippen molar-refractivity contribution in [2.24, 2.45) is 0 Å². The number of hydrogen-bond donors (Lipinski definition) is 1. The zero-order chi connectivity index (χ0) is 15.5. The van der Waals surface area contributed by atoms with E-state index >= 15 is 0 Å². The first-order valence-corrected chi connectivity index (χ1v) is 8.00. The van der Waals surface area contributed by atoms with Gasteiger partial charge in [0.05, 0.1) is 5.56 Å². The van der Waals surface area contributed by atoms with Crippen molar-refractivity contribution in [3.8, 4) is 22.8 Å². The first-order valence-electron chi connectivity index (χ1n) is 8.00. The largest absolute Gasteiger partial charge is 0.367 e. The van der Waals surface area contributed by atoms with Crippen LogP contribution in [0, 0.1) is 0 Å². The minimum absolute atomic E-state index is 0.490. The minimum atomic E-state index is 0.490. The standard InChI is InChI=1S/C18H18N4O/c1-2-6-13(7-3-1)17-21-18(23-22-17)14-10-11-16(19-12-14)20-15-8-4-5-9-15/h1-3,6-7,10-12,15H,4-5,8-9H2,(H,19,20). The van der Waals surface area contributed by atoms with Crippen molar-refractivity contribution in [3.63, 3.8) is 0 Å². The molecule has 1 aromatic carbocycles. The summed E-state index contributed by atoms with van der Waals surface area (Å²) in [5.41, 5.74) is 1.77. The molecule has 1 N–H and O–H groups in total. The second kappa shape index (κ2) is 6.20. The van der Waals surface area contributed by atoms with Crippen LogP contribution in [-0.4, -0.2) is 21.2 Å². The SMILES string of the molecule is c1ccc(-c2noc(-c3ccc(NC4CCCC4)nc3)n2)cc1. The van der Waals surface area contributed by atoms with Gasteiger partial charge in [-0.3, -0.25) is 0 Å². The molecule has 0 unspecified atom stereocenters. The summed E-state index contributed by atoms with van der Waals surface area (Å²) >= 11 is 0. The van der Waals surface area contributed by atoms with Crippen LogP contribution in [0.2, 0.25) is 0 Å². The van der Waals surface area contributed by atoms with Gasteiger partial charge in [0.1, 0.15) is 5.82 Å². The van der Waals surface area contributed by atoms with E-state index in [0.29, 0.717) is 17.8 Å². The van der Waals surface area contributed by atoms with Gasteiger partial charge in [0.15, 0.2) is 0 Å². The van der Waals surface area contributed by atoms with Gasteiger partial charge in [-0.15, -0.1) is 0 Å². The normalized spacial score (nSPS) is 15.0. The van der Waals surface area contributed by atoms with Crippen molar-refractivity contribution in [2.45, 2.75) is 31.7 Å². The van der Waals surface area contributed by atoms with E-state index in [2.05, 4.69) is 20.4 Å². The molecule has 0 aliphatic heterocycles. The van der Waals surface area contributed by atoms with E-state index in [4.69, 9.17) is 4.52 Å². The van der Waals surface area contributed by atoms with Crippen LogP contribution in [0.4, 0.5) is 5.82 Å². The Morgan fingerprint density at radius 2 is 1.78 bits per heavy atom. The molecule has 2 aromatic heterocycles. The van der Waals surface area contributed by atoms with E-state index < -0.39 is 0 Å². The van der Waals surface area contributed by atoms with Crippen LogP contribution in [0.15, 0.2) is 53.2 Å². The monoisotopic (exact) mass is 306 g/mol. The third-order valence-corrected chi connectivity index (χ3v) is 4.18. The Hall–Kier alpha value is -2.69. The lowest BCUT2D eigenvalue weighted by atomic mass is 10.2. The average molecular weight is 306 g/mol. The summed E-state index contributed by atoms with van der Waals surface area (Å²) in [4.78, 5) is 8.91. The van der Waals surface area contributed by atoms with Crippen LogP contribution >= 0.6 is 0 Å². The molecule has 0 radical (unpaired) electrons. The summed E-state index contributed by atoms with van der Waals surface area (Å²) < 4.78 is 5.36. The summed E-state index contributed by atoms with van der Waals surface area (Å²) in [5, 5.41) is 7.51. The maximum atomic E-state index is 5.36. The molecule has 1 aliphatic carbocycles. The van der Waals surface area contributed by atoms with Crippen LogP contribution in [0.1, 0.15) is 25.7 Å². The molecule has 1 fully saturated rings. The number of pyridine rings is 1. The van der Waals surface area contributed by atoms with E-state index in [1.165, 1.54) is 25.7 Å². The van der Waals surface area contributed by atoms with Crippen LogP contribution in [-0.2, 0) is 0 Å². The lowest BCUT2D eigenvalue weighted by Gasteiger charge is -2.12. The van der Waals surface area contributed by atoms with Crippen molar-refractivity contribution in [1.29, 1.82) is 0 Å². The molecule has 3 aromatic rings. The number of nitrogens with one attached hydrogen (secondary N) is 1. The molecular weight excluding hydrogens is 288 g/mol. The highest BCUT2D eigenvalue weighted by molar-refractivity contribution is 5.60. The second-order valence-electron chi connectivity index (χ2n) is 5.85. The maximum Gasteiger partial charge on any atom is 0.259 e. The topological polar surface area (TPSA) is 63.8 Å². The third-order valence-electron chi connectivity index (χ3n) is 4.18. The Labute approximate surface area is 134 Å². The molecule has 2 heterocycles. The zero-order valence-corrected chi connectivity index (χ0v) is 12.8. The predicted molar refractivity (Wildman–Crippen MR) is 88.8 cm³/mol. The second-order valence-corrected chi connectivity index (χ2v) is 5.85. The Morgan fingerprint density at radius 1 is 0.957 bits per heavy atom. The van der Waals surface area contributed by atoms with Gasteiger partial charge in [-0.25, -0.2) is 4.98 Å². The number of anilines is 1. The van der Waals surface area contributed by atoms with Crippen LogP contribution < -0.4 is 5.32 Å². The van der Waals surface area contributed by atoms with Gasteiger partial charge < -0.3 is 9.84 Å². The molecule has 0 atom stereocenters. The van der Waals surface area contributed by atoms with Gasteiger partial charge in [-0.1, -0.05) is 48.3 Å². The highest BCUT2D eigenvalue weighted by atomic mass is 16.5. The molecule has 5 nitrogen and oxygen atoms in total. The molecule has 0 amide bonds. The van der Waals surface area contributed by atoms with Gasteiger partial charge in [0.25, 0.3) is 5.89 Å². The first-order chi connectivity index (χ1) is 11.4. The van der Waals surface area contributed by atoms with Gasteiger partial charge >= 0.3 is 0 Å². The highest BCUT2D eigenvalue weighted by Gasteiger charge is 2.15. The molecule has 0 bridgehead atoms. The quantitative estimate of drug-likeness (QED) is 0.784. The number of nitrogens with zero attached hydrogens (tertiary/aromatic N) is 3. The number of hydrogen-bond acceptors (Lipinski definition) is 5. The molecule has 5 heteroatoms. The van der Waals surface area contributed by atoms with Crippen LogP contribution in [0.25, 0.3) is 22.8 Å². The molecule has 116 valence electrons. The fraction of sp³-hybridized carbons (Fsp3) is 0.278. The minimum Gasteiger partial charge on any atom is -0.367 e. The smallest absolute Gasteiger partial charge is 0.259 e. The Kier molecular flexibility index (Phi) is 3.76. The third kappa shape index (κ3) is 3.08. The van der Waals surface area contributed by atoms with Crippen molar-refractivity contribution >= 4 is 5.82 Å². The Bertz CT molecular complexity index is 761. The van der Waals surface area contributed by atoms with E-state index in [1.54, 1.807) is 6.20 Å². The van der Waals surface area contributed by atoms with Crippen LogP contribution in [0.5, 0.6) is 0 Å². The van der Waals surface area contributed by atoms with Gasteiger partial charge in [0, 0.05) is 17.8 Å². The molecule has 0 spiro atoms. The van der Waals surface area contributed by atoms with Crippen molar-refractivity contribution in [1.82, 2.24) is 15.1 Å². The van der Waals surface area contributed by atoms with Crippen molar-refractivity contribution in [2.75, 3.05) is 5.32 Å². The Balaban J connectivity index is 1.51. The zero-order valence-electron chi connectivity index (χ0n) is 12.8. The summed E-state index contributed by atoms with van der Waals surface area (Å²) in [6.45, 7) is 0. The molecule has 1 aliphatic rings. The highest BCUT2D eigenvalue weighted by Crippen LogP contribution is 2.24. The van der Waals surface area contributed by atoms with Gasteiger partial charge in [0.2, 0.25) is 5.82 Å². The fourth-order valence-electron chi connectivity index (χ4n) is 2.93. The van der Waals surface area contributed by atoms with Gasteiger partial charge in [-0.05, 0) is 25.0 Å². The fourth-order valence-corrected chi connectivity index (χ4v) is 2.93. The first kappa shape index (κ1) is 13.9.